The van der Waals surface area contributed by atoms with Gasteiger partial charge in [-0.3, -0.25) is 4.79 Å². The minimum atomic E-state index is -0.143. The standard InChI is InChI=1S/C14H20BrNO2/c1-9(2)6-12(8-15)16-14(18)11-5-4-10(3)13(17)7-11/h4-5,7,9,12,17H,6,8H2,1-3H3,(H,16,18). The van der Waals surface area contributed by atoms with Crippen LogP contribution >= 0.6 is 15.9 Å². The molecule has 100 valence electrons. The van der Waals surface area contributed by atoms with Gasteiger partial charge in [0.1, 0.15) is 5.75 Å². The fourth-order valence-corrected chi connectivity index (χ4v) is 2.18. The van der Waals surface area contributed by atoms with Gasteiger partial charge in [-0.2, -0.15) is 0 Å². The van der Waals surface area contributed by atoms with Crippen molar-refractivity contribution in [3.8, 4) is 5.75 Å². The van der Waals surface area contributed by atoms with Gasteiger partial charge in [0.05, 0.1) is 0 Å². The maximum Gasteiger partial charge on any atom is 0.251 e. The molecule has 1 aromatic carbocycles. The van der Waals surface area contributed by atoms with E-state index in [2.05, 4.69) is 35.1 Å². The molecular formula is C14H20BrNO2. The quantitative estimate of drug-likeness (QED) is 0.820. The van der Waals surface area contributed by atoms with Crippen molar-refractivity contribution in [1.29, 1.82) is 0 Å². The average Bonchev–Trinajstić information content (AvgIpc) is 2.31. The van der Waals surface area contributed by atoms with Crippen LogP contribution in [0.15, 0.2) is 18.2 Å². The summed E-state index contributed by atoms with van der Waals surface area (Å²) in [6, 6.07) is 5.09. The molecule has 0 bridgehead atoms. The second-order valence-electron chi connectivity index (χ2n) is 4.96. The Labute approximate surface area is 117 Å². The van der Waals surface area contributed by atoms with E-state index in [0.29, 0.717) is 11.5 Å². The van der Waals surface area contributed by atoms with Crippen molar-refractivity contribution in [2.75, 3.05) is 5.33 Å². The number of aryl methyl sites for hydroxylation is 1. The highest BCUT2D eigenvalue weighted by Crippen LogP contribution is 2.17. The van der Waals surface area contributed by atoms with E-state index in [-0.39, 0.29) is 17.7 Å². The van der Waals surface area contributed by atoms with Gasteiger partial charge in [0.15, 0.2) is 0 Å². The van der Waals surface area contributed by atoms with Crippen molar-refractivity contribution < 1.29 is 9.90 Å². The molecule has 1 rings (SSSR count). The van der Waals surface area contributed by atoms with Crippen molar-refractivity contribution >= 4 is 21.8 Å². The van der Waals surface area contributed by atoms with Crippen LogP contribution in [0, 0.1) is 12.8 Å². The lowest BCUT2D eigenvalue weighted by Crippen LogP contribution is -2.37. The number of phenols is 1. The summed E-state index contributed by atoms with van der Waals surface area (Å²) in [5, 5.41) is 13.3. The van der Waals surface area contributed by atoms with Crippen LogP contribution in [0.1, 0.15) is 36.2 Å². The number of amides is 1. The number of halogens is 1. The highest BCUT2D eigenvalue weighted by molar-refractivity contribution is 9.09. The Balaban J connectivity index is 2.71. The molecule has 18 heavy (non-hydrogen) atoms. The van der Waals surface area contributed by atoms with Crippen LogP contribution < -0.4 is 5.32 Å². The van der Waals surface area contributed by atoms with Crippen LogP contribution in [-0.2, 0) is 0 Å². The van der Waals surface area contributed by atoms with E-state index in [4.69, 9.17) is 0 Å². The lowest BCUT2D eigenvalue weighted by atomic mass is 10.0. The first-order chi connectivity index (χ1) is 8.43. The Morgan fingerprint density at radius 2 is 2.11 bits per heavy atom. The Morgan fingerprint density at radius 3 is 2.61 bits per heavy atom. The van der Waals surface area contributed by atoms with Crippen molar-refractivity contribution in [1.82, 2.24) is 5.32 Å². The summed E-state index contributed by atoms with van der Waals surface area (Å²) in [5.41, 5.74) is 1.26. The summed E-state index contributed by atoms with van der Waals surface area (Å²) < 4.78 is 0. The SMILES string of the molecule is Cc1ccc(C(=O)NC(CBr)CC(C)C)cc1O. The molecule has 0 spiro atoms. The molecule has 0 aliphatic heterocycles. The molecule has 0 saturated heterocycles. The summed E-state index contributed by atoms with van der Waals surface area (Å²) in [4.78, 5) is 12.0. The summed E-state index contributed by atoms with van der Waals surface area (Å²) >= 11 is 3.41. The van der Waals surface area contributed by atoms with Gasteiger partial charge in [0.25, 0.3) is 5.91 Å². The fraction of sp³-hybridized carbons (Fsp3) is 0.500. The third-order valence-electron chi connectivity index (χ3n) is 2.75. The smallest absolute Gasteiger partial charge is 0.251 e. The number of phenolic OH excluding ortho intramolecular Hbond substituents is 1. The van der Waals surface area contributed by atoms with E-state index >= 15 is 0 Å². The van der Waals surface area contributed by atoms with Crippen LogP contribution in [-0.4, -0.2) is 22.4 Å². The number of aromatic hydroxyl groups is 1. The van der Waals surface area contributed by atoms with Gasteiger partial charge in [-0.25, -0.2) is 0 Å². The first-order valence-corrected chi connectivity index (χ1v) is 7.22. The molecule has 0 aliphatic carbocycles. The van der Waals surface area contributed by atoms with Gasteiger partial charge in [0, 0.05) is 16.9 Å². The molecule has 1 aromatic rings. The first-order valence-electron chi connectivity index (χ1n) is 6.10. The molecule has 1 atom stereocenters. The fourth-order valence-electron chi connectivity index (χ4n) is 1.75. The van der Waals surface area contributed by atoms with Gasteiger partial charge in [-0.1, -0.05) is 35.8 Å². The molecule has 1 amide bonds. The largest absolute Gasteiger partial charge is 0.508 e. The molecule has 0 heterocycles. The van der Waals surface area contributed by atoms with Crippen LogP contribution in [0.4, 0.5) is 0 Å². The summed E-state index contributed by atoms with van der Waals surface area (Å²) in [7, 11) is 0. The Morgan fingerprint density at radius 1 is 1.44 bits per heavy atom. The van der Waals surface area contributed by atoms with E-state index < -0.39 is 0 Å². The Bertz CT molecular complexity index is 418. The second-order valence-corrected chi connectivity index (χ2v) is 5.60. The predicted molar refractivity (Wildman–Crippen MR) is 77.3 cm³/mol. The molecule has 4 heteroatoms. The highest BCUT2D eigenvalue weighted by atomic mass is 79.9. The van der Waals surface area contributed by atoms with Gasteiger partial charge < -0.3 is 10.4 Å². The van der Waals surface area contributed by atoms with Crippen molar-refractivity contribution in [3.63, 3.8) is 0 Å². The molecule has 2 N–H and O–H groups in total. The highest BCUT2D eigenvalue weighted by Gasteiger charge is 2.14. The van der Waals surface area contributed by atoms with Gasteiger partial charge in [0.2, 0.25) is 0 Å². The average molecular weight is 314 g/mol. The van der Waals surface area contributed by atoms with Crippen LogP contribution in [0.2, 0.25) is 0 Å². The van der Waals surface area contributed by atoms with Crippen LogP contribution in [0.25, 0.3) is 0 Å². The second kappa shape index (κ2) is 6.78. The monoisotopic (exact) mass is 313 g/mol. The molecule has 0 aromatic heterocycles. The Hall–Kier alpha value is -1.03. The van der Waals surface area contributed by atoms with Crippen molar-refractivity contribution in [2.45, 2.75) is 33.2 Å². The number of hydrogen-bond donors (Lipinski definition) is 2. The molecule has 0 saturated carbocycles. The number of rotatable bonds is 5. The van der Waals surface area contributed by atoms with Gasteiger partial charge >= 0.3 is 0 Å². The van der Waals surface area contributed by atoms with Crippen molar-refractivity contribution in [3.05, 3.63) is 29.3 Å². The number of alkyl halides is 1. The summed E-state index contributed by atoms with van der Waals surface area (Å²) in [6.45, 7) is 6.05. The van der Waals surface area contributed by atoms with E-state index in [0.717, 1.165) is 17.3 Å². The molecule has 0 radical (unpaired) electrons. The van der Waals surface area contributed by atoms with E-state index in [1.54, 1.807) is 19.1 Å². The van der Waals surface area contributed by atoms with Crippen molar-refractivity contribution in [2.24, 2.45) is 5.92 Å². The van der Waals surface area contributed by atoms with Gasteiger partial charge in [-0.05, 0) is 37.0 Å². The maximum atomic E-state index is 12.0. The zero-order chi connectivity index (χ0) is 13.7. The Kier molecular flexibility index (Phi) is 5.66. The number of carbonyl (C=O) groups is 1. The maximum absolute atomic E-state index is 12.0. The zero-order valence-electron chi connectivity index (χ0n) is 11.0. The minimum absolute atomic E-state index is 0.112. The number of carbonyl (C=O) groups excluding carboxylic acids is 1. The molecule has 0 fully saturated rings. The zero-order valence-corrected chi connectivity index (χ0v) is 12.6. The number of nitrogens with one attached hydrogen (secondary N) is 1. The molecule has 1 unspecified atom stereocenters. The van der Waals surface area contributed by atoms with Crippen LogP contribution in [0.3, 0.4) is 0 Å². The van der Waals surface area contributed by atoms with Crippen LogP contribution in [0.5, 0.6) is 5.75 Å². The lowest BCUT2D eigenvalue weighted by molar-refractivity contribution is 0.0936. The molecular weight excluding hydrogens is 294 g/mol. The van der Waals surface area contributed by atoms with E-state index in [1.807, 2.05) is 0 Å². The van der Waals surface area contributed by atoms with Gasteiger partial charge in [-0.15, -0.1) is 0 Å². The normalized spacial score (nSPS) is 12.5. The third-order valence-corrected chi connectivity index (χ3v) is 3.53. The summed E-state index contributed by atoms with van der Waals surface area (Å²) in [6.07, 6.45) is 0.925. The van der Waals surface area contributed by atoms with E-state index in [1.165, 1.54) is 6.07 Å². The topological polar surface area (TPSA) is 49.3 Å². The predicted octanol–water partition coefficient (Wildman–Crippen LogP) is 3.24. The molecule has 3 nitrogen and oxygen atoms in total. The summed E-state index contributed by atoms with van der Waals surface area (Å²) in [5.74, 6) is 0.538. The molecule has 0 aliphatic rings. The number of hydrogen-bond acceptors (Lipinski definition) is 2. The van der Waals surface area contributed by atoms with E-state index in [9.17, 15) is 9.90 Å². The lowest BCUT2D eigenvalue weighted by Gasteiger charge is -2.18. The first kappa shape index (κ1) is 15.0. The third kappa shape index (κ3) is 4.33. The minimum Gasteiger partial charge on any atom is -0.508 e. The number of benzene rings is 1.